The molecule has 2 heterocycles. The van der Waals surface area contributed by atoms with E-state index in [0.717, 1.165) is 5.03 Å². The van der Waals surface area contributed by atoms with E-state index < -0.39 is 0 Å². The second-order valence-corrected chi connectivity index (χ2v) is 3.94. The maximum absolute atomic E-state index is 7.42. The van der Waals surface area contributed by atoms with Gasteiger partial charge in [-0.1, -0.05) is 6.07 Å². The van der Waals surface area contributed by atoms with Gasteiger partial charge in [-0.05, 0) is 30.0 Å². The number of hydrogen-bond acceptors (Lipinski definition) is 5. The van der Waals surface area contributed by atoms with E-state index in [4.69, 9.17) is 11.1 Å². The van der Waals surface area contributed by atoms with Gasteiger partial charge in [0.2, 0.25) is 0 Å². The maximum Gasteiger partial charge on any atom is 0.136 e. The van der Waals surface area contributed by atoms with Crippen LogP contribution in [0.15, 0.2) is 46.7 Å². The molecule has 16 heavy (non-hydrogen) atoms. The second kappa shape index (κ2) is 4.71. The van der Waals surface area contributed by atoms with E-state index in [0.29, 0.717) is 10.6 Å². The number of amidine groups is 1. The monoisotopic (exact) mass is 231 g/mol. The predicted molar refractivity (Wildman–Crippen MR) is 61.4 cm³/mol. The van der Waals surface area contributed by atoms with Gasteiger partial charge in [0.25, 0.3) is 0 Å². The Hall–Kier alpha value is -1.95. The van der Waals surface area contributed by atoms with Gasteiger partial charge in [-0.15, -0.1) is 5.10 Å². The molecule has 6 heteroatoms. The molecule has 5 nitrogen and oxygen atoms in total. The Morgan fingerprint density at radius 3 is 2.81 bits per heavy atom. The Labute approximate surface area is 96.6 Å². The fourth-order valence-electron chi connectivity index (χ4n) is 1.11. The third-order valence-corrected chi connectivity index (χ3v) is 2.76. The third-order valence-electron chi connectivity index (χ3n) is 1.82. The van der Waals surface area contributed by atoms with Crippen molar-refractivity contribution in [2.45, 2.75) is 10.1 Å². The topological polar surface area (TPSA) is 88.5 Å². The van der Waals surface area contributed by atoms with E-state index >= 15 is 0 Å². The minimum absolute atomic E-state index is 0.0201. The van der Waals surface area contributed by atoms with Crippen molar-refractivity contribution in [3.05, 3.63) is 42.2 Å². The lowest BCUT2D eigenvalue weighted by molar-refractivity contribution is 0.918. The Balaban J connectivity index is 2.31. The van der Waals surface area contributed by atoms with Gasteiger partial charge in [0, 0.05) is 6.20 Å². The molecule has 0 unspecified atom stereocenters. The van der Waals surface area contributed by atoms with Crippen molar-refractivity contribution in [1.82, 2.24) is 15.2 Å². The zero-order valence-corrected chi connectivity index (χ0v) is 9.11. The second-order valence-electron chi connectivity index (χ2n) is 2.93. The van der Waals surface area contributed by atoms with Crippen molar-refractivity contribution in [2.75, 3.05) is 0 Å². The zero-order valence-electron chi connectivity index (χ0n) is 8.29. The van der Waals surface area contributed by atoms with E-state index in [-0.39, 0.29) is 5.84 Å². The van der Waals surface area contributed by atoms with Gasteiger partial charge in [-0.2, -0.15) is 5.10 Å². The molecule has 0 spiro atoms. The van der Waals surface area contributed by atoms with Gasteiger partial charge in [0.1, 0.15) is 15.9 Å². The SMILES string of the molecule is N=C(N)c1ccnnc1Sc1ccccn1. The molecule has 0 aliphatic carbocycles. The highest BCUT2D eigenvalue weighted by molar-refractivity contribution is 7.99. The molecule has 80 valence electrons. The van der Waals surface area contributed by atoms with Crippen LogP contribution in [-0.4, -0.2) is 21.0 Å². The standard InChI is InChI=1S/C10H9N5S/c11-9(12)7-4-6-14-15-10(7)16-8-3-1-2-5-13-8/h1-6H,(H3,11,12). The largest absolute Gasteiger partial charge is 0.384 e. The van der Waals surface area contributed by atoms with Gasteiger partial charge in [-0.25, -0.2) is 4.98 Å². The van der Waals surface area contributed by atoms with Crippen LogP contribution < -0.4 is 5.73 Å². The Morgan fingerprint density at radius 2 is 2.12 bits per heavy atom. The first-order chi connectivity index (χ1) is 7.77. The first-order valence-electron chi connectivity index (χ1n) is 4.52. The van der Waals surface area contributed by atoms with E-state index in [9.17, 15) is 0 Å². The van der Waals surface area contributed by atoms with E-state index in [1.54, 1.807) is 12.3 Å². The number of aromatic nitrogens is 3. The summed E-state index contributed by atoms with van der Waals surface area (Å²) >= 11 is 1.34. The molecule has 0 atom stereocenters. The van der Waals surface area contributed by atoms with Gasteiger partial charge in [0.15, 0.2) is 0 Å². The van der Waals surface area contributed by atoms with Crippen LogP contribution in [0.1, 0.15) is 5.56 Å². The molecule has 0 fully saturated rings. The first kappa shape index (κ1) is 10.6. The molecule has 0 aliphatic rings. The fourth-order valence-corrected chi connectivity index (χ4v) is 1.94. The molecule has 2 aromatic heterocycles. The number of nitrogens with zero attached hydrogens (tertiary/aromatic N) is 3. The molecule has 0 saturated carbocycles. The Bertz CT molecular complexity index is 500. The zero-order chi connectivity index (χ0) is 11.4. The average Bonchev–Trinajstić information content (AvgIpc) is 2.31. The Morgan fingerprint density at radius 1 is 1.25 bits per heavy atom. The highest BCUT2D eigenvalue weighted by Crippen LogP contribution is 2.25. The fraction of sp³-hybridized carbons (Fsp3) is 0. The molecule has 0 aromatic carbocycles. The minimum atomic E-state index is -0.0201. The van der Waals surface area contributed by atoms with Crippen molar-refractivity contribution in [3.8, 4) is 0 Å². The quantitative estimate of drug-likeness (QED) is 0.614. The van der Waals surface area contributed by atoms with Crippen LogP contribution in [0.5, 0.6) is 0 Å². The van der Waals surface area contributed by atoms with E-state index in [2.05, 4.69) is 15.2 Å². The summed E-state index contributed by atoms with van der Waals surface area (Å²) < 4.78 is 0. The number of pyridine rings is 1. The normalized spacial score (nSPS) is 10.0. The Kier molecular flexibility index (Phi) is 3.11. The van der Waals surface area contributed by atoms with Crippen LogP contribution in [-0.2, 0) is 0 Å². The lowest BCUT2D eigenvalue weighted by Gasteiger charge is -2.04. The van der Waals surface area contributed by atoms with Gasteiger partial charge >= 0.3 is 0 Å². The van der Waals surface area contributed by atoms with E-state index in [1.165, 1.54) is 18.0 Å². The number of hydrogen-bond donors (Lipinski definition) is 2. The molecule has 2 aromatic rings. The van der Waals surface area contributed by atoms with Crippen molar-refractivity contribution in [3.63, 3.8) is 0 Å². The lowest BCUT2D eigenvalue weighted by Crippen LogP contribution is -2.13. The molecule has 0 amide bonds. The van der Waals surface area contributed by atoms with Crippen LogP contribution in [0.4, 0.5) is 0 Å². The smallest absolute Gasteiger partial charge is 0.136 e. The molecule has 0 aliphatic heterocycles. The summed E-state index contributed by atoms with van der Waals surface area (Å²) in [7, 11) is 0. The summed E-state index contributed by atoms with van der Waals surface area (Å²) in [5, 5.41) is 16.5. The number of nitrogens with one attached hydrogen (secondary N) is 1. The molecule has 0 saturated heterocycles. The molecule has 0 bridgehead atoms. The van der Waals surface area contributed by atoms with Gasteiger partial charge < -0.3 is 5.73 Å². The molecular weight excluding hydrogens is 222 g/mol. The summed E-state index contributed by atoms with van der Waals surface area (Å²) in [6, 6.07) is 7.26. The lowest BCUT2D eigenvalue weighted by atomic mass is 10.3. The van der Waals surface area contributed by atoms with Crippen LogP contribution in [0.3, 0.4) is 0 Å². The summed E-state index contributed by atoms with van der Waals surface area (Å²) in [5.41, 5.74) is 6.02. The summed E-state index contributed by atoms with van der Waals surface area (Å²) in [5.74, 6) is -0.0201. The molecule has 2 rings (SSSR count). The predicted octanol–water partition coefficient (Wildman–Crippen LogP) is 1.31. The molecule has 3 N–H and O–H groups in total. The average molecular weight is 231 g/mol. The summed E-state index contributed by atoms with van der Waals surface area (Å²) in [6.45, 7) is 0. The molecular formula is C10H9N5S. The number of nitrogens with two attached hydrogens (primary N) is 1. The van der Waals surface area contributed by atoms with Crippen molar-refractivity contribution < 1.29 is 0 Å². The van der Waals surface area contributed by atoms with Gasteiger partial charge in [-0.3, -0.25) is 5.41 Å². The number of rotatable bonds is 3. The molecule has 0 radical (unpaired) electrons. The minimum Gasteiger partial charge on any atom is -0.384 e. The highest BCUT2D eigenvalue weighted by atomic mass is 32.2. The third kappa shape index (κ3) is 2.34. The highest BCUT2D eigenvalue weighted by Gasteiger charge is 2.08. The summed E-state index contributed by atoms with van der Waals surface area (Å²) in [4.78, 5) is 4.16. The van der Waals surface area contributed by atoms with E-state index in [1.807, 2.05) is 18.2 Å². The van der Waals surface area contributed by atoms with Crippen molar-refractivity contribution in [2.24, 2.45) is 5.73 Å². The van der Waals surface area contributed by atoms with Gasteiger partial charge in [0.05, 0.1) is 11.8 Å². The van der Waals surface area contributed by atoms with Crippen LogP contribution in [0.2, 0.25) is 0 Å². The first-order valence-corrected chi connectivity index (χ1v) is 5.34. The van der Waals surface area contributed by atoms with Crippen molar-refractivity contribution >= 4 is 17.6 Å². The summed E-state index contributed by atoms with van der Waals surface area (Å²) in [6.07, 6.45) is 3.21. The van der Waals surface area contributed by atoms with Crippen LogP contribution >= 0.6 is 11.8 Å². The maximum atomic E-state index is 7.42. The van der Waals surface area contributed by atoms with Crippen LogP contribution in [0.25, 0.3) is 0 Å². The van der Waals surface area contributed by atoms with Crippen LogP contribution in [0, 0.1) is 5.41 Å². The van der Waals surface area contributed by atoms with Crippen molar-refractivity contribution in [1.29, 1.82) is 5.41 Å². The number of nitrogen functional groups attached to an aromatic ring is 1.